The second-order valence-electron chi connectivity index (χ2n) is 5.50. The van der Waals surface area contributed by atoms with Gasteiger partial charge in [0.25, 0.3) is 0 Å². The van der Waals surface area contributed by atoms with Gasteiger partial charge in [0.05, 0.1) is 11.3 Å². The summed E-state index contributed by atoms with van der Waals surface area (Å²) in [4.78, 5) is 1.07. The number of hydrogen-bond acceptors (Lipinski definition) is 4. The molecule has 108 valence electrons. The lowest BCUT2D eigenvalue weighted by Crippen LogP contribution is -2.33. The second-order valence-corrected chi connectivity index (χ2v) is 6.81. The van der Waals surface area contributed by atoms with Gasteiger partial charge in [-0.25, -0.2) is 0 Å². The maximum absolute atomic E-state index is 9.40. The zero-order chi connectivity index (χ0) is 14.4. The van der Waals surface area contributed by atoms with Crippen molar-refractivity contribution in [3.63, 3.8) is 0 Å². The Morgan fingerprint density at radius 2 is 2.15 bits per heavy atom. The monoisotopic (exact) mass is 290 g/mol. The fourth-order valence-corrected chi connectivity index (χ4v) is 3.20. The topological polar surface area (TPSA) is 45.0 Å². The van der Waals surface area contributed by atoms with Crippen LogP contribution in [0.1, 0.15) is 32.3 Å². The number of nitriles is 1. The molecule has 0 radical (unpaired) electrons. The number of rotatable bonds is 5. The Labute approximate surface area is 125 Å². The van der Waals surface area contributed by atoms with Crippen molar-refractivity contribution >= 4 is 17.4 Å². The van der Waals surface area contributed by atoms with E-state index >= 15 is 0 Å². The Balaban J connectivity index is 2.09. The molecule has 0 bridgehead atoms. The molecule has 0 aromatic heterocycles. The fourth-order valence-electron chi connectivity index (χ4n) is 2.42. The average Bonchev–Trinajstić information content (AvgIpc) is 2.46. The van der Waals surface area contributed by atoms with E-state index in [1.165, 1.54) is 0 Å². The van der Waals surface area contributed by atoms with Crippen LogP contribution in [0.4, 0.5) is 5.69 Å². The number of benzene rings is 1. The molecule has 0 atom stereocenters. The zero-order valence-electron chi connectivity index (χ0n) is 12.2. The summed E-state index contributed by atoms with van der Waals surface area (Å²) in [5.41, 5.74) is 1.99. The molecule has 2 rings (SSSR count). The fraction of sp³-hybridized carbons (Fsp3) is 0.562. The minimum absolute atomic E-state index is 0.263. The molecule has 3 nitrogen and oxygen atoms in total. The van der Waals surface area contributed by atoms with Crippen LogP contribution in [0, 0.1) is 16.7 Å². The van der Waals surface area contributed by atoms with Crippen molar-refractivity contribution in [3.05, 3.63) is 23.8 Å². The van der Waals surface area contributed by atoms with Crippen molar-refractivity contribution < 1.29 is 4.74 Å². The predicted molar refractivity (Wildman–Crippen MR) is 84.2 cm³/mol. The molecule has 0 unspecified atom stereocenters. The third-order valence-corrected chi connectivity index (χ3v) is 4.78. The number of ether oxygens (including phenoxy) is 1. The van der Waals surface area contributed by atoms with Crippen molar-refractivity contribution in [2.45, 2.75) is 31.6 Å². The lowest BCUT2D eigenvalue weighted by molar-refractivity contribution is 0.0300. The number of hydrogen-bond donors (Lipinski definition) is 1. The lowest BCUT2D eigenvalue weighted by Gasteiger charge is -2.34. The molecule has 1 N–H and O–H groups in total. The van der Waals surface area contributed by atoms with Gasteiger partial charge < -0.3 is 10.1 Å². The summed E-state index contributed by atoms with van der Waals surface area (Å²) in [7, 11) is 0. The maximum atomic E-state index is 9.40. The highest BCUT2D eigenvalue weighted by Gasteiger charge is 2.27. The minimum atomic E-state index is 0.263. The van der Waals surface area contributed by atoms with E-state index in [0.717, 1.165) is 54.5 Å². The van der Waals surface area contributed by atoms with Crippen molar-refractivity contribution in [1.29, 1.82) is 5.26 Å². The average molecular weight is 290 g/mol. The predicted octanol–water partition coefficient (Wildman–Crippen LogP) is 3.90. The van der Waals surface area contributed by atoms with E-state index in [1.54, 1.807) is 11.8 Å². The number of thioether (sulfide) groups is 1. The smallest absolute Gasteiger partial charge is 0.102 e. The molecular formula is C16H22N2OS. The molecule has 1 saturated heterocycles. The molecule has 0 amide bonds. The van der Waals surface area contributed by atoms with Crippen molar-refractivity contribution in [1.82, 2.24) is 0 Å². The molecule has 1 aromatic carbocycles. The van der Waals surface area contributed by atoms with Gasteiger partial charge in [-0.3, -0.25) is 0 Å². The van der Waals surface area contributed by atoms with Crippen LogP contribution < -0.4 is 5.32 Å². The third kappa shape index (κ3) is 3.68. The van der Waals surface area contributed by atoms with Gasteiger partial charge in [0.2, 0.25) is 0 Å². The molecule has 1 heterocycles. The highest BCUT2D eigenvalue weighted by atomic mass is 32.2. The van der Waals surface area contributed by atoms with E-state index in [-0.39, 0.29) is 5.41 Å². The summed E-state index contributed by atoms with van der Waals surface area (Å²) < 4.78 is 5.43. The summed E-state index contributed by atoms with van der Waals surface area (Å²) in [6, 6.07) is 8.39. The van der Waals surface area contributed by atoms with E-state index in [2.05, 4.69) is 25.2 Å². The molecule has 0 saturated carbocycles. The van der Waals surface area contributed by atoms with E-state index in [4.69, 9.17) is 4.74 Å². The molecule has 1 aliphatic rings. The highest BCUT2D eigenvalue weighted by molar-refractivity contribution is 7.99. The summed E-state index contributed by atoms with van der Waals surface area (Å²) in [5, 5.41) is 12.9. The Morgan fingerprint density at radius 1 is 1.40 bits per heavy atom. The molecule has 20 heavy (non-hydrogen) atoms. The lowest BCUT2D eigenvalue weighted by atomic mass is 9.82. The van der Waals surface area contributed by atoms with Crippen molar-refractivity contribution in [2.24, 2.45) is 5.41 Å². The Hall–Kier alpha value is -1.18. The second kappa shape index (κ2) is 7.01. The number of anilines is 1. The van der Waals surface area contributed by atoms with Crippen LogP contribution in [-0.2, 0) is 4.74 Å². The first-order chi connectivity index (χ1) is 9.68. The quantitative estimate of drug-likeness (QED) is 0.835. The van der Waals surface area contributed by atoms with Gasteiger partial charge in [0.15, 0.2) is 0 Å². The van der Waals surface area contributed by atoms with Crippen LogP contribution in [0.25, 0.3) is 0 Å². The summed E-state index contributed by atoms with van der Waals surface area (Å²) >= 11 is 1.72. The van der Waals surface area contributed by atoms with Crippen LogP contribution in [0.15, 0.2) is 23.1 Å². The SMILES string of the molecule is CCSc1cccc(NCC2(C)CCOCC2)c1C#N. The van der Waals surface area contributed by atoms with E-state index in [1.807, 2.05) is 18.2 Å². The van der Waals surface area contributed by atoms with Crippen molar-refractivity contribution in [3.8, 4) is 6.07 Å². The molecular weight excluding hydrogens is 268 g/mol. The van der Waals surface area contributed by atoms with E-state index in [0.29, 0.717) is 0 Å². The molecule has 1 fully saturated rings. The Kier molecular flexibility index (Phi) is 5.33. The Bertz CT molecular complexity index is 490. The first-order valence-electron chi connectivity index (χ1n) is 7.16. The first kappa shape index (κ1) is 15.2. The van der Waals surface area contributed by atoms with Gasteiger partial charge in [0.1, 0.15) is 6.07 Å². The van der Waals surface area contributed by atoms with Gasteiger partial charge in [0, 0.05) is 24.7 Å². The summed E-state index contributed by atoms with van der Waals surface area (Å²) in [6.45, 7) is 6.98. The molecule has 1 aliphatic heterocycles. The third-order valence-electron chi connectivity index (χ3n) is 3.84. The molecule has 1 aromatic rings. The van der Waals surface area contributed by atoms with Crippen LogP contribution in [-0.4, -0.2) is 25.5 Å². The number of nitrogens with zero attached hydrogens (tertiary/aromatic N) is 1. The minimum Gasteiger partial charge on any atom is -0.383 e. The van der Waals surface area contributed by atoms with E-state index in [9.17, 15) is 5.26 Å². The standard InChI is InChI=1S/C16H22N2OS/c1-3-20-15-6-4-5-14(13(15)11-17)18-12-16(2)7-9-19-10-8-16/h4-6,18H,3,7-10,12H2,1-2H3. The molecule has 0 spiro atoms. The largest absolute Gasteiger partial charge is 0.383 e. The van der Waals surface area contributed by atoms with Gasteiger partial charge in [-0.15, -0.1) is 11.8 Å². The first-order valence-corrected chi connectivity index (χ1v) is 8.14. The van der Waals surface area contributed by atoms with Gasteiger partial charge in [-0.05, 0) is 36.1 Å². The van der Waals surface area contributed by atoms with Crippen LogP contribution in [0.2, 0.25) is 0 Å². The maximum Gasteiger partial charge on any atom is 0.102 e. The van der Waals surface area contributed by atoms with Crippen LogP contribution in [0.5, 0.6) is 0 Å². The van der Waals surface area contributed by atoms with Crippen LogP contribution >= 0.6 is 11.8 Å². The highest BCUT2D eigenvalue weighted by Crippen LogP contribution is 2.32. The molecule has 0 aliphatic carbocycles. The van der Waals surface area contributed by atoms with Gasteiger partial charge >= 0.3 is 0 Å². The zero-order valence-corrected chi connectivity index (χ0v) is 13.1. The van der Waals surface area contributed by atoms with Gasteiger partial charge in [-0.2, -0.15) is 5.26 Å². The van der Waals surface area contributed by atoms with Crippen molar-refractivity contribution in [2.75, 3.05) is 30.8 Å². The Morgan fingerprint density at radius 3 is 2.80 bits per heavy atom. The number of nitrogens with one attached hydrogen (secondary N) is 1. The summed E-state index contributed by atoms with van der Waals surface area (Å²) in [6.07, 6.45) is 2.15. The van der Waals surface area contributed by atoms with E-state index < -0.39 is 0 Å². The summed E-state index contributed by atoms with van der Waals surface area (Å²) in [5.74, 6) is 0.979. The van der Waals surface area contributed by atoms with Gasteiger partial charge in [-0.1, -0.05) is 19.9 Å². The molecule has 4 heteroatoms. The normalized spacial score (nSPS) is 17.4. The van der Waals surface area contributed by atoms with Crippen LogP contribution in [0.3, 0.4) is 0 Å².